The van der Waals surface area contributed by atoms with E-state index < -0.39 is 0 Å². The summed E-state index contributed by atoms with van der Waals surface area (Å²) in [6, 6.07) is 7.71. The number of hydrogen-bond donors (Lipinski definition) is 0. The van der Waals surface area contributed by atoms with E-state index in [1.807, 2.05) is 29.2 Å². The van der Waals surface area contributed by atoms with Crippen molar-refractivity contribution < 1.29 is 14.3 Å². The molecule has 168 valence electrons. The number of carbonyl (C=O) groups excluding carboxylic acids is 2. The lowest BCUT2D eigenvalue weighted by atomic mass is 9.49. The Morgan fingerprint density at radius 1 is 0.871 bits per heavy atom. The maximum Gasteiger partial charge on any atom is 0.227 e. The second kappa shape index (κ2) is 8.48. The van der Waals surface area contributed by atoms with Crippen LogP contribution in [0.4, 0.5) is 0 Å². The van der Waals surface area contributed by atoms with Crippen LogP contribution in [-0.4, -0.2) is 54.9 Å². The van der Waals surface area contributed by atoms with Gasteiger partial charge in [-0.05, 0) is 85.8 Å². The van der Waals surface area contributed by atoms with Gasteiger partial charge in [0.25, 0.3) is 0 Å². The lowest BCUT2D eigenvalue weighted by Crippen LogP contribution is -2.48. The molecule has 5 fully saturated rings. The Kier molecular flexibility index (Phi) is 5.70. The summed E-state index contributed by atoms with van der Waals surface area (Å²) in [5.41, 5.74) is 1.30. The molecule has 0 aromatic heterocycles. The first-order chi connectivity index (χ1) is 15.0. The van der Waals surface area contributed by atoms with E-state index in [4.69, 9.17) is 4.74 Å². The molecular formula is C26H36N2O3. The molecule has 4 bridgehead atoms. The van der Waals surface area contributed by atoms with Gasteiger partial charge in [-0.2, -0.15) is 0 Å². The zero-order valence-electron chi connectivity index (χ0n) is 18.9. The van der Waals surface area contributed by atoms with Gasteiger partial charge in [0.05, 0.1) is 13.5 Å². The fraction of sp³-hybridized carbons (Fsp3) is 0.692. The van der Waals surface area contributed by atoms with Gasteiger partial charge in [-0.25, -0.2) is 0 Å². The number of carbonyl (C=O) groups is 2. The Morgan fingerprint density at radius 3 is 1.97 bits per heavy atom. The van der Waals surface area contributed by atoms with Crippen molar-refractivity contribution in [3.63, 3.8) is 0 Å². The van der Waals surface area contributed by atoms with E-state index >= 15 is 0 Å². The van der Waals surface area contributed by atoms with Crippen molar-refractivity contribution >= 4 is 11.8 Å². The smallest absolute Gasteiger partial charge is 0.227 e. The fourth-order valence-corrected chi connectivity index (χ4v) is 7.39. The van der Waals surface area contributed by atoms with Crippen LogP contribution in [-0.2, 0) is 16.0 Å². The third kappa shape index (κ3) is 4.47. The fourth-order valence-electron chi connectivity index (χ4n) is 7.39. The minimum atomic E-state index is 0.153. The summed E-state index contributed by atoms with van der Waals surface area (Å²) < 4.78 is 5.20. The van der Waals surface area contributed by atoms with E-state index in [0.717, 1.165) is 55.0 Å². The maximum atomic E-state index is 13.3. The van der Waals surface area contributed by atoms with Gasteiger partial charge in [-0.15, -0.1) is 0 Å². The molecule has 31 heavy (non-hydrogen) atoms. The molecule has 2 amide bonds. The third-order valence-corrected chi connectivity index (χ3v) is 8.41. The van der Waals surface area contributed by atoms with Gasteiger partial charge in [0, 0.05) is 32.6 Å². The topological polar surface area (TPSA) is 49.9 Å². The number of rotatable bonds is 5. The molecular weight excluding hydrogens is 388 g/mol. The van der Waals surface area contributed by atoms with Crippen LogP contribution in [0.3, 0.4) is 0 Å². The second-order valence-corrected chi connectivity index (χ2v) is 10.7. The summed E-state index contributed by atoms with van der Waals surface area (Å²) in [6.45, 7) is 2.87. The van der Waals surface area contributed by atoms with Gasteiger partial charge in [-0.3, -0.25) is 9.59 Å². The van der Waals surface area contributed by atoms with Crippen LogP contribution in [0.15, 0.2) is 24.3 Å². The van der Waals surface area contributed by atoms with E-state index in [-0.39, 0.29) is 5.91 Å². The molecule has 5 aliphatic rings. The Balaban J connectivity index is 1.15. The summed E-state index contributed by atoms with van der Waals surface area (Å²) >= 11 is 0. The van der Waals surface area contributed by atoms with Crippen LogP contribution in [0.25, 0.3) is 0 Å². The molecule has 1 aromatic rings. The van der Waals surface area contributed by atoms with Gasteiger partial charge in [0.1, 0.15) is 5.75 Å². The highest BCUT2D eigenvalue weighted by atomic mass is 16.5. The number of methoxy groups -OCH3 is 1. The lowest BCUT2D eigenvalue weighted by Gasteiger charge is -2.57. The largest absolute Gasteiger partial charge is 0.497 e. The van der Waals surface area contributed by atoms with Crippen LogP contribution < -0.4 is 4.74 Å². The molecule has 1 aromatic carbocycles. The molecule has 6 rings (SSSR count). The predicted molar refractivity (Wildman–Crippen MR) is 120 cm³/mol. The van der Waals surface area contributed by atoms with Crippen LogP contribution >= 0.6 is 0 Å². The Bertz CT molecular complexity index is 783. The minimum absolute atomic E-state index is 0.153. The van der Waals surface area contributed by atoms with Crippen molar-refractivity contribution in [2.45, 2.75) is 57.8 Å². The SMILES string of the molecule is COc1ccc(CC(=O)N2CCCN(C(=O)CC34CC5CC(CC(C5)C3)C4)CC2)cc1. The number of amides is 2. The van der Waals surface area contributed by atoms with E-state index in [1.54, 1.807) is 7.11 Å². The zero-order valence-corrected chi connectivity index (χ0v) is 18.9. The standard InChI is InChI=1S/C26H36N2O3/c1-31-23-5-3-19(4-6-23)14-24(29)27-7-2-8-28(10-9-27)25(30)18-26-15-20-11-21(16-26)13-22(12-20)17-26/h3-6,20-22H,2,7-18H2,1H3. The van der Waals surface area contributed by atoms with Gasteiger partial charge in [0.2, 0.25) is 11.8 Å². The minimum Gasteiger partial charge on any atom is -0.497 e. The number of benzene rings is 1. The molecule has 0 unspecified atom stereocenters. The molecule has 5 heteroatoms. The Labute approximate surface area is 186 Å². The Morgan fingerprint density at radius 2 is 1.42 bits per heavy atom. The molecule has 1 aliphatic heterocycles. The quantitative estimate of drug-likeness (QED) is 0.720. The van der Waals surface area contributed by atoms with Gasteiger partial charge >= 0.3 is 0 Å². The molecule has 0 radical (unpaired) electrons. The molecule has 1 heterocycles. The molecule has 0 N–H and O–H groups in total. The van der Waals surface area contributed by atoms with E-state index in [1.165, 1.54) is 38.5 Å². The van der Waals surface area contributed by atoms with Crippen molar-refractivity contribution in [2.75, 3.05) is 33.3 Å². The first kappa shape index (κ1) is 20.8. The van der Waals surface area contributed by atoms with Crippen LogP contribution in [0, 0.1) is 23.2 Å². The number of hydrogen-bond acceptors (Lipinski definition) is 3. The van der Waals surface area contributed by atoms with Crippen LogP contribution in [0.2, 0.25) is 0 Å². The van der Waals surface area contributed by atoms with E-state index in [2.05, 4.69) is 4.90 Å². The predicted octanol–water partition coefficient (Wildman–Crippen LogP) is 3.91. The average Bonchev–Trinajstić information content (AvgIpc) is 2.99. The summed E-state index contributed by atoms with van der Waals surface area (Å²) in [5.74, 6) is 3.95. The van der Waals surface area contributed by atoms with Crippen molar-refractivity contribution in [3.05, 3.63) is 29.8 Å². The summed E-state index contributed by atoms with van der Waals surface area (Å²) in [4.78, 5) is 30.1. The van der Waals surface area contributed by atoms with Crippen LogP contribution in [0.5, 0.6) is 5.75 Å². The molecule has 0 spiro atoms. The number of nitrogens with zero attached hydrogens (tertiary/aromatic N) is 2. The molecule has 1 saturated heterocycles. The normalized spacial score (nSPS) is 32.1. The molecule has 5 nitrogen and oxygen atoms in total. The molecule has 4 saturated carbocycles. The summed E-state index contributed by atoms with van der Waals surface area (Å²) in [6.07, 6.45) is 10.1. The van der Waals surface area contributed by atoms with Crippen molar-refractivity contribution in [1.29, 1.82) is 0 Å². The molecule has 4 aliphatic carbocycles. The highest BCUT2D eigenvalue weighted by molar-refractivity contribution is 5.79. The van der Waals surface area contributed by atoms with E-state index in [0.29, 0.717) is 30.8 Å². The van der Waals surface area contributed by atoms with Gasteiger partial charge in [-0.1, -0.05) is 12.1 Å². The summed E-state index contributed by atoms with van der Waals surface area (Å²) in [5, 5.41) is 0. The van der Waals surface area contributed by atoms with Crippen molar-refractivity contribution in [2.24, 2.45) is 23.2 Å². The maximum absolute atomic E-state index is 13.3. The number of ether oxygens (including phenoxy) is 1. The average molecular weight is 425 g/mol. The van der Waals surface area contributed by atoms with Gasteiger partial charge in [0.15, 0.2) is 0 Å². The van der Waals surface area contributed by atoms with Crippen LogP contribution in [0.1, 0.15) is 56.9 Å². The summed E-state index contributed by atoms with van der Waals surface area (Å²) in [7, 11) is 1.65. The van der Waals surface area contributed by atoms with Crippen molar-refractivity contribution in [1.82, 2.24) is 9.80 Å². The monoisotopic (exact) mass is 424 g/mol. The zero-order chi connectivity index (χ0) is 21.4. The van der Waals surface area contributed by atoms with Gasteiger partial charge < -0.3 is 14.5 Å². The molecule has 0 atom stereocenters. The first-order valence-corrected chi connectivity index (χ1v) is 12.2. The Hall–Kier alpha value is -2.04. The second-order valence-electron chi connectivity index (χ2n) is 10.7. The van der Waals surface area contributed by atoms with E-state index in [9.17, 15) is 9.59 Å². The first-order valence-electron chi connectivity index (χ1n) is 12.2. The van der Waals surface area contributed by atoms with Crippen molar-refractivity contribution in [3.8, 4) is 5.75 Å². The third-order valence-electron chi connectivity index (χ3n) is 8.41. The highest BCUT2D eigenvalue weighted by Crippen LogP contribution is 2.61. The highest BCUT2D eigenvalue weighted by Gasteiger charge is 2.51. The lowest BCUT2D eigenvalue weighted by molar-refractivity contribution is -0.140.